The normalized spacial score (nSPS) is 18.2. The van der Waals surface area contributed by atoms with Gasteiger partial charge in [0.25, 0.3) is 5.91 Å². The van der Waals surface area contributed by atoms with Crippen LogP contribution in [0.15, 0.2) is 48.5 Å². The zero-order valence-electron chi connectivity index (χ0n) is 13.9. The molecular weight excluding hydrogens is 318 g/mol. The number of ether oxygens (including phenoxy) is 2. The third-order valence-corrected chi connectivity index (χ3v) is 5.03. The van der Waals surface area contributed by atoms with Crippen molar-refractivity contribution in [2.75, 3.05) is 19.9 Å². The van der Waals surface area contributed by atoms with Gasteiger partial charge in [-0.2, -0.15) is 0 Å². The Morgan fingerprint density at radius 2 is 1.76 bits per heavy atom. The highest BCUT2D eigenvalue weighted by Gasteiger charge is 2.29. The summed E-state index contributed by atoms with van der Waals surface area (Å²) < 4.78 is 10.6. The van der Waals surface area contributed by atoms with Crippen molar-refractivity contribution in [1.29, 1.82) is 0 Å². The number of benzene rings is 2. The minimum absolute atomic E-state index is 0.00551. The van der Waals surface area contributed by atoms with E-state index in [1.807, 2.05) is 35.2 Å². The Kier molecular flexibility index (Phi) is 4.32. The number of aliphatic hydroxyl groups is 1. The van der Waals surface area contributed by atoms with Crippen LogP contribution in [0, 0.1) is 5.92 Å². The van der Waals surface area contributed by atoms with Gasteiger partial charge in [-0.3, -0.25) is 4.79 Å². The van der Waals surface area contributed by atoms with Gasteiger partial charge in [-0.05, 0) is 42.5 Å². The summed E-state index contributed by atoms with van der Waals surface area (Å²) in [5, 5.41) is 10.6. The topological polar surface area (TPSA) is 59.0 Å². The summed E-state index contributed by atoms with van der Waals surface area (Å²) in [5.74, 6) is 1.50. The van der Waals surface area contributed by atoms with Crippen LogP contribution in [0.2, 0.25) is 0 Å². The molecule has 1 atom stereocenters. The van der Waals surface area contributed by atoms with E-state index in [9.17, 15) is 9.90 Å². The summed E-state index contributed by atoms with van der Waals surface area (Å²) in [7, 11) is 0. The fourth-order valence-corrected chi connectivity index (χ4v) is 3.55. The molecule has 0 radical (unpaired) electrons. The van der Waals surface area contributed by atoms with Crippen LogP contribution in [0.5, 0.6) is 11.5 Å². The first kappa shape index (κ1) is 16.0. The van der Waals surface area contributed by atoms with Gasteiger partial charge in [0.2, 0.25) is 6.79 Å². The van der Waals surface area contributed by atoms with E-state index in [-0.39, 0.29) is 18.6 Å². The van der Waals surface area contributed by atoms with Crippen molar-refractivity contribution in [3.05, 3.63) is 59.7 Å². The molecule has 0 saturated carbocycles. The van der Waals surface area contributed by atoms with Gasteiger partial charge in [-0.1, -0.05) is 30.3 Å². The van der Waals surface area contributed by atoms with Crippen molar-refractivity contribution in [2.24, 2.45) is 5.92 Å². The predicted molar refractivity (Wildman–Crippen MR) is 92.6 cm³/mol. The van der Waals surface area contributed by atoms with Gasteiger partial charge < -0.3 is 19.5 Å². The number of piperidine rings is 1. The van der Waals surface area contributed by atoms with Crippen LogP contribution in [0.1, 0.15) is 34.9 Å². The van der Waals surface area contributed by atoms with E-state index in [2.05, 4.69) is 0 Å². The predicted octanol–water partition coefficient (Wildman–Crippen LogP) is 3.00. The molecule has 0 unspecified atom stereocenters. The van der Waals surface area contributed by atoms with Crippen LogP contribution in [0.3, 0.4) is 0 Å². The number of likely N-dealkylation sites (tertiary alicyclic amines) is 1. The minimum atomic E-state index is -0.469. The summed E-state index contributed by atoms with van der Waals surface area (Å²) in [5.41, 5.74) is 1.56. The largest absolute Gasteiger partial charge is 0.454 e. The van der Waals surface area contributed by atoms with E-state index in [1.165, 1.54) is 0 Å². The summed E-state index contributed by atoms with van der Waals surface area (Å²) in [4.78, 5) is 14.6. The van der Waals surface area contributed by atoms with Crippen molar-refractivity contribution in [3.63, 3.8) is 0 Å². The minimum Gasteiger partial charge on any atom is -0.454 e. The standard InChI is InChI=1S/C20H21NO4/c22-19(14-4-2-1-3-5-14)15-8-10-21(11-9-15)20(23)16-6-7-17-18(12-16)25-13-24-17/h1-7,12,15,19,22H,8-11,13H2/t19-/m1/s1. The molecule has 5 heteroatoms. The second kappa shape index (κ2) is 6.76. The fraction of sp³-hybridized carbons (Fsp3) is 0.350. The fourth-order valence-electron chi connectivity index (χ4n) is 3.55. The van der Waals surface area contributed by atoms with E-state index in [4.69, 9.17) is 9.47 Å². The molecule has 5 nitrogen and oxygen atoms in total. The molecule has 1 saturated heterocycles. The van der Waals surface area contributed by atoms with Crippen molar-refractivity contribution >= 4 is 5.91 Å². The Hall–Kier alpha value is -2.53. The quantitative estimate of drug-likeness (QED) is 0.934. The molecule has 0 bridgehead atoms. The Morgan fingerprint density at radius 1 is 1.04 bits per heavy atom. The van der Waals surface area contributed by atoms with Gasteiger partial charge in [-0.25, -0.2) is 0 Å². The second-order valence-corrected chi connectivity index (χ2v) is 6.55. The highest BCUT2D eigenvalue weighted by atomic mass is 16.7. The van der Waals surface area contributed by atoms with Crippen molar-refractivity contribution in [3.8, 4) is 11.5 Å². The molecule has 130 valence electrons. The molecule has 2 heterocycles. The summed E-state index contributed by atoms with van der Waals surface area (Å²) >= 11 is 0. The molecule has 0 spiro atoms. The molecule has 2 aliphatic heterocycles. The van der Waals surface area contributed by atoms with Gasteiger partial charge in [-0.15, -0.1) is 0 Å². The summed E-state index contributed by atoms with van der Waals surface area (Å²) in [6.45, 7) is 1.51. The van der Waals surface area contributed by atoms with Crippen molar-refractivity contribution < 1.29 is 19.4 Å². The number of fused-ring (bicyclic) bond motifs is 1. The molecule has 0 aromatic heterocycles. The first-order valence-electron chi connectivity index (χ1n) is 8.64. The Bertz CT molecular complexity index is 754. The molecule has 25 heavy (non-hydrogen) atoms. The van der Waals surface area contributed by atoms with Gasteiger partial charge in [0.05, 0.1) is 6.10 Å². The number of carbonyl (C=O) groups excluding carboxylic acids is 1. The molecule has 2 aromatic carbocycles. The molecule has 0 aliphatic carbocycles. The van der Waals surface area contributed by atoms with E-state index in [1.54, 1.807) is 18.2 Å². The number of hydrogen-bond acceptors (Lipinski definition) is 4. The number of rotatable bonds is 3. The van der Waals surface area contributed by atoms with Crippen LogP contribution in [-0.4, -0.2) is 35.8 Å². The number of nitrogens with zero attached hydrogens (tertiary/aromatic N) is 1. The van der Waals surface area contributed by atoms with Crippen LogP contribution < -0.4 is 9.47 Å². The van der Waals surface area contributed by atoms with E-state index in [0.717, 1.165) is 18.4 Å². The van der Waals surface area contributed by atoms with E-state index in [0.29, 0.717) is 30.2 Å². The van der Waals surface area contributed by atoms with Gasteiger partial charge in [0.15, 0.2) is 11.5 Å². The molecule has 2 aliphatic rings. The van der Waals surface area contributed by atoms with Crippen LogP contribution in [0.25, 0.3) is 0 Å². The van der Waals surface area contributed by atoms with Crippen LogP contribution in [-0.2, 0) is 0 Å². The third-order valence-electron chi connectivity index (χ3n) is 5.03. The third kappa shape index (κ3) is 3.20. The molecule has 1 N–H and O–H groups in total. The van der Waals surface area contributed by atoms with Crippen molar-refractivity contribution in [2.45, 2.75) is 18.9 Å². The average Bonchev–Trinajstić information content (AvgIpc) is 3.15. The van der Waals surface area contributed by atoms with Gasteiger partial charge in [0.1, 0.15) is 0 Å². The average molecular weight is 339 g/mol. The first-order valence-corrected chi connectivity index (χ1v) is 8.64. The van der Waals surface area contributed by atoms with Crippen molar-refractivity contribution in [1.82, 2.24) is 4.90 Å². The van der Waals surface area contributed by atoms with Gasteiger partial charge in [0, 0.05) is 18.7 Å². The Labute approximate surface area is 146 Å². The Morgan fingerprint density at radius 3 is 2.52 bits per heavy atom. The SMILES string of the molecule is O=C(c1ccc2c(c1)OCO2)N1CCC([C@H](O)c2ccccc2)CC1. The molecular formula is C20H21NO4. The lowest BCUT2D eigenvalue weighted by atomic mass is 9.87. The van der Waals surface area contributed by atoms with E-state index >= 15 is 0 Å². The second-order valence-electron chi connectivity index (χ2n) is 6.55. The maximum absolute atomic E-state index is 12.7. The smallest absolute Gasteiger partial charge is 0.253 e. The lowest BCUT2D eigenvalue weighted by molar-refractivity contribution is 0.0462. The first-order chi connectivity index (χ1) is 12.2. The number of hydrogen-bond donors (Lipinski definition) is 1. The molecule has 1 fully saturated rings. The highest BCUT2D eigenvalue weighted by molar-refractivity contribution is 5.95. The summed E-state index contributed by atoms with van der Waals surface area (Å²) in [6, 6.07) is 15.0. The van der Waals surface area contributed by atoms with E-state index < -0.39 is 6.10 Å². The summed E-state index contributed by atoms with van der Waals surface area (Å²) in [6.07, 6.45) is 1.13. The molecule has 1 amide bonds. The highest BCUT2D eigenvalue weighted by Crippen LogP contribution is 2.34. The van der Waals surface area contributed by atoms with Crippen LogP contribution in [0.4, 0.5) is 0 Å². The number of carbonyl (C=O) groups is 1. The lowest BCUT2D eigenvalue weighted by Gasteiger charge is -2.34. The van der Waals surface area contributed by atoms with Gasteiger partial charge >= 0.3 is 0 Å². The number of amides is 1. The lowest BCUT2D eigenvalue weighted by Crippen LogP contribution is -2.39. The zero-order valence-corrected chi connectivity index (χ0v) is 13.9. The maximum atomic E-state index is 12.7. The zero-order chi connectivity index (χ0) is 17.2. The monoisotopic (exact) mass is 339 g/mol. The Balaban J connectivity index is 1.39. The molecule has 4 rings (SSSR count). The maximum Gasteiger partial charge on any atom is 0.253 e. The molecule has 2 aromatic rings. The number of aliphatic hydroxyl groups excluding tert-OH is 1. The van der Waals surface area contributed by atoms with Crippen LogP contribution >= 0.6 is 0 Å².